The van der Waals surface area contributed by atoms with Gasteiger partial charge in [-0.25, -0.2) is 0 Å². The van der Waals surface area contributed by atoms with E-state index in [1.54, 1.807) is 24.3 Å². The minimum Gasteiger partial charge on any atom is -0.495 e. The molecule has 1 N–H and O–H groups in total. The molecular weight excluding hydrogens is 523 g/mol. The molecule has 0 spiro atoms. The van der Waals surface area contributed by atoms with Crippen molar-refractivity contribution in [3.63, 3.8) is 0 Å². The van der Waals surface area contributed by atoms with Crippen molar-refractivity contribution >= 4 is 35.2 Å². The average molecular weight is 550 g/mol. The number of benzene rings is 3. The van der Waals surface area contributed by atoms with Crippen LogP contribution in [-0.4, -0.2) is 40.8 Å². The maximum atomic E-state index is 12.8. The summed E-state index contributed by atoms with van der Waals surface area (Å²) in [6.45, 7) is 0.232. The van der Waals surface area contributed by atoms with Crippen LogP contribution in [0.15, 0.2) is 48.5 Å². The van der Waals surface area contributed by atoms with Gasteiger partial charge in [-0.15, -0.1) is 0 Å². The molecule has 0 unspecified atom stereocenters. The molecule has 0 saturated heterocycles. The van der Waals surface area contributed by atoms with Crippen molar-refractivity contribution in [2.24, 2.45) is 0 Å². The lowest BCUT2D eigenvalue weighted by atomic mass is 10.1. The number of ether oxygens (including phenoxy) is 4. The molecular formula is C28H27ClF3NO5. The van der Waals surface area contributed by atoms with E-state index in [-0.39, 0.29) is 24.3 Å². The number of halogens is 4. The maximum absolute atomic E-state index is 12.8. The van der Waals surface area contributed by atoms with Gasteiger partial charge >= 0.3 is 6.18 Å². The third-order valence-corrected chi connectivity index (χ3v) is 5.96. The van der Waals surface area contributed by atoms with Crippen molar-refractivity contribution in [2.45, 2.75) is 12.6 Å². The number of carbonyl (C=O) groups excluding carboxylic acids is 1. The highest BCUT2D eigenvalue weighted by atomic mass is 35.5. The van der Waals surface area contributed by atoms with E-state index < -0.39 is 11.7 Å². The number of nitrogens with one attached hydrogen (secondary N) is 1. The third kappa shape index (κ3) is 6.92. The minimum atomic E-state index is -4.46. The van der Waals surface area contributed by atoms with E-state index in [0.29, 0.717) is 39.3 Å². The van der Waals surface area contributed by atoms with Gasteiger partial charge in [0.2, 0.25) is 5.75 Å². The molecule has 0 heterocycles. The zero-order chi connectivity index (χ0) is 27.9. The van der Waals surface area contributed by atoms with Gasteiger partial charge in [-0.1, -0.05) is 35.9 Å². The fourth-order valence-corrected chi connectivity index (χ4v) is 3.95. The van der Waals surface area contributed by atoms with Gasteiger partial charge in [0.1, 0.15) is 5.75 Å². The summed E-state index contributed by atoms with van der Waals surface area (Å²) in [4.78, 5) is 12.5. The number of carbonyl (C=O) groups is 1. The minimum absolute atomic E-state index is 0.0618. The normalized spacial score (nSPS) is 11.4. The predicted octanol–water partition coefficient (Wildman–Crippen LogP) is 7.25. The number of alkyl halides is 3. The lowest BCUT2D eigenvalue weighted by molar-refractivity contribution is -0.137. The Labute approximate surface area is 223 Å². The van der Waals surface area contributed by atoms with Crippen LogP contribution in [0.2, 0.25) is 5.02 Å². The van der Waals surface area contributed by atoms with Crippen LogP contribution in [0.3, 0.4) is 0 Å². The fourth-order valence-electron chi connectivity index (χ4n) is 3.70. The Morgan fingerprint density at radius 1 is 0.868 bits per heavy atom. The van der Waals surface area contributed by atoms with Crippen LogP contribution in [0.25, 0.3) is 12.2 Å². The Morgan fingerprint density at radius 2 is 1.47 bits per heavy atom. The molecule has 0 saturated carbocycles. The Morgan fingerprint density at radius 3 is 2.00 bits per heavy atom. The Kier molecular flexibility index (Phi) is 9.52. The summed E-state index contributed by atoms with van der Waals surface area (Å²) in [5.74, 6) is 1.62. The molecule has 38 heavy (non-hydrogen) atoms. The highest BCUT2D eigenvalue weighted by Gasteiger charge is 2.30. The Bertz CT molecular complexity index is 1280. The summed E-state index contributed by atoms with van der Waals surface area (Å²) in [7, 11) is 6.07. The molecule has 10 heteroatoms. The van der Waals surface area contributed by atoms with Crippen molar-refractivity contribution in [2.75, 3.05) is 40.3 Å². The second-order valence-electron chi connectivity index (χ2n) is 8.04. The van der Waals surface area contributed by atoms with Gasteiger partial charge in [-0.05, 0) is 41.5 Å². The number of hydrogen-bond donors (Lipinski definition) is 1. The summed E-state index contributed by atoms with van der Waals surface area (Å²) >= 11 is 6.35. The first kappa shape index (κ1) is 28.7. The summed E-state index contributed by atoms with van der Waals surface area (Å²) < 4.78 is 59.8. The molecule has 0 aliphatic rings. The van der Waals surface area contributed by atoms with Crippen LogP contribution in [0.1, 0.15) is 33.5 Å². The molecule has 0 bridgehead atoms. The summed E-state index contributed by atoms with van der Waals surface area (Å²) in [6, 6.07) is 11.2. The summed E-state index contributed by atoms with van der Waals surface area (Å²) in [6.07, 6.45) is -0.734. The molecule has 0 radical (unpaired) electrons. The number of hydrogen-bond acceptors (Lipinski definition) is 6. The van der Waals surface area contributed by atoms with E-state index in [1.807, 2.05) is 12.2 Å². The highest BCUT2D eigenvalue weighted by molar-refractivity contribution is 6.32. The highest BCUT2D eigenvalue weighted by Crippen LogP contribution is 2.39. The van der Waals surface area contributed by atoms with E-state index in [1.165, 1.54) is 40.6 Å². The molecule has 3 aromatic rings. The number of rotatable bonds is 11. The first-order valence-electron chi connectivity index (χ1n) is 11.4. The summed E-state index contributed by atoms with van der Waals surface area (Å²) in [5, 5.41) is 3.58. The van der Waals surface area contributed by atoms with Crippen LogP contribution in [-0.2, 0) is 6.18 Å². The van der Waals surface area contributed by atoms with Crippen LogP contribution >= 0.6 is 11.6 Å². The SMILES string of the molecule is COc1cc(NCCC(=O)c2ccc(C(F)(F)F)cc2)c(/C=C\c2cc(OC)c(OC)c(OC)c2)cc1Cl. The molecule has 0 aliphatic heterocycles. The first-order valence-corrected chi connectivity index (χ1v) is 11.8. The molecule has 202 valence electrons. The number of Topliss-reactive ketones (excluding diaryl/α,β-unsaturated/α-hetero) is 1. The van der Waals surface area contributed by atoms with Crippen molar-refractivity contribution in [3.05, 3.63) is 75.8 Å². The van der Waals surface area contributed by atoms with Gasteiger partial charge in [0.05, 0.1) is 39.0 Å². The zero-order valence-corrected chi connectivity index (χ0v) is 22.0. The predicted molar refractivity (Wildman–Crippen MR) is 142 cm³/mol. The van der Waals surface area contributed by atoms with Crippen molar-refractivity contribution in [1.82, 2.24) is 0 Å². The van der Waals surface area contributed by atoms with Gasteiger partial charge < -0.3 is 24.3 Å². The molecule has 3 rings (SSSR count). The van der Waals surface area contributed by atoms with Gasteiger partial charge in [0.15, 0.2) is 17.3 Å². The zero-order valence-electron chi connectivity index (χ0n) is 21.2. The Balaban J connectivity index is 1.80. The van der Waals surface area contributed by atoms with Gasteiger partial charge in [0.25, 0.3) is 0 Å². The van der Waals surface area contributed by atoms with Gasteiger partial charge in [0, 0.05) is 30.3 Å². The smallest absolute Gasteiger partial charge is 0.416 e. The van der Waals surface area contributed by atoms with E-state index in [0.717, 1.165) is 17.7 Å². The average Bonchev–Trinajstić information content (AvgIpc) is 2.91. The van der Waals surface area contributed by atoms with Crippen molar-refractivity contribution in [1.29, 1.82) is 0 Å². The lowest BCUT2D eigenvalue weighted by Crippen LogP contribution is -2.11. The van der Waals surface area contributed by atoms with Crippen LogP contribution in [0, 0.1) is 0 Å². The van der Waals surface area contributed by atoms with E-state index in [9.17, 15) is 18.0 Å². The Hall–Kier alpha value is -3.85. The number of anilines is 1. The number of methoxy groups -OCH3 is 4. The quantitative estimate of drug-likeness (QED) is 0.201. The number of ketones is 1. The molecule has 3 aromatic carbocycles. The van der Waals surface area contributed by atoms with Gasteiger partial charge in [-0.3, -0.25) is 4.79 Å². The summed E-state index contributed by atoms with van der Waals surface area (Å²) in [5.41, 5.74) is 1.54. The van der Waals surface area contributed by atoms with E-state index in [4.69, 9.17) is 30.5 Å². The molecule has 0 amide bonds. The maximum Gasteiger partial charge on any atom is 0.416 e. The fraction of sp³-hybridized carbons (Fsp3) is 0.250. The molecule has 0 aliphatic carbocycles. The lowest BCUT2D eigenvalue weighted by Gasteiger charge is -2.14. The topological polar surface area (TPSA) is 66.0 Å². The standard InChI is InChI=1S/C28H27ClF3NO5/c1-35-24-16-22(33-12-11-23(34)18-7-9-20(10-8-18)28(30,31)32)19(15-21(24)29)6-5-17-13-25(36-2)27(38-4)26(14-17)37-3/h5-10,13-16,33H,11-12H2,1-4H3/b6-5-. The molecule has 0 fully saturated rings. The van der Waals surface area contributed by atoms with Crippen LogP contribution in [0.4, 0.5) is 18.9 Å². The second kappa shape index (κ2) is 12.6. The van der Waals surface area contributed by atoms with Gasteiger partial charge in [-0.2, -0.15) is 13.2 Å². The van der Waals surface area contributed by atoms with E-state index >= 15 is 0 Å². The van der Waals surface area contributed by atoms with Crippen LogP contribution in [0.5, 0.6) is 23.0 Å². The second-order valence-corrected chi connectivity index (χ2v) is 8.45. The first-order chi connectivity index (χ1) is 18.1. The van der Waals surface area contributed by atoms with E-state index in [2.05, 4.69) is 5.32 Å². The van der Waals surface area contributed by atoms with Crippen molar-refractivity contribution < 1.29 is 36.9 Å². The molecule has 6 nitrogen and oxygen atoms in total. The van der Waals surface area contributed by atoms with Crippen molar-refractivity contribution in [3.8, 4) is 23.0 Å². The third-order valence-electron chi connectivity index (χ3n) is 5.67. The largest absolute Gasteiger partial charge is 0.495 e. The van der Waals surface area contributed by atoms with Crippen LogP contribution < -0.4 is 24.3 Å². The monoisotopic (exact) mass is 549 g/mol. The molecule has 0 atom stereocenters. The molecule has 0 aromatic heterocycles.